The molecule has 0 aliphatic carbocycles. The molecule has 5 nitrogen and oxygen atoms in total. The summed E-state index contributed by atoms with van der Waals surface area (Å²) in [5.74, 6) is 0. The monoisotopic (exact) mass is 501 g/mol. The molecule has 0 bridgehead atoms. The molecule has 0 saturated carbocycles. The van der Waals surface area contributed by atoms with Gasteiger partial charge in [0.25, 0.3) is 0 Å². The number of furan rings is 1. The molecule has 182 valence electrons. The smallest absolute Gasteiger partial charge is 0.227 e. The molecule has 0 saturated heterocycles. The van der Waals surface area contributed by atoms with Crippen LogP contribution in [0, 0.1) is 0 Å². The third-order valence-corrected chi connectivity index (χ3v) is 7.81. The van der Waals surface area contributed by atoms with Crippen LogP contribution >= 0.6 is 0 Å². The molecule has 0 aliphatic rings. The Balaban J connectivity index is 1.38. The van der Waals surface area contributed by atoms with E-state index >= 15 is 0 Å². The van der Waals surface area contributed by atoms with E-state index in [9.17, 15) is 0 Å². The number of rotatable bonds is 2. The maximum absolute atomic E-state index is 6.31. The van der Waals surface area contributed by atoms with Crippen molar-refractivity contribution in [2.75, 3.05) is 0 Å². The van der Waals surface area contributed by atoms with Crippen LogP contribution in [0.5, 0.6) is 0 Å². The number of oxazole rings is 1. The normalized spacial score (nSPS) is 12.1. The summed E-state index contributed by atoms with van der Waals surface area (Å²) in [5.41, 5.74) is 8.60. The summed E-state index contributed by atoms with van der Waals surface area (Å²) in [5, 5.41) is 6.40. The predicted molar refractivity (Wildman–Crippen MR) is 156 cm³/mol. The highest BCUT2D eigenvalue weighted by atomic mass is 16.3. The molecule has 5 aromatic carbocycles. The molecular formula is C34H19N3O2. The highest BCUT2D eigenvalue weighted by Gasteiger charge is 2.20. The molecule has 5 heteroatoms. The number of fused-ring (bicyclic) bond motifs is 10. The summed E-state index contributed by atoms with van der Waals surface area (Å²) in [6.07, 6.45) is 3.26. The number of nitrogens with zero attached hydrogens (tertiary/aromatic N) is 3. The van der Waals surface area contributed by atoms with Crippen molar-refractivity contribution in [3.8, 4) is 16.8 Å². The molecule has 0 radical (unpaired) electrons. The molecule has 9 rings (SSSR count). The fraction of sp³-hybridized carbons (Fsp3) is 0. The van der Waals surface area contributed by atoms with Gasteiger partial charge in [0.05, 0.1) is 16.4 Å². The second-order valence-corrected chi connectivity index (χ2v) is 9.87. The molecule has 9 aromatic rings. The lowest BCUT2D eigenvalue weighted by Crippen LogP contribution is -1.92. The largest absolute Gasteiger partial charge is 0.443 e. The van der Waals surface area contributed by atoms with Gasteiger partial charge in [0.1, 0.15) is 11.1 Å². The van der Waals surface area contributed by atoms with Crippen LogP contribution in [0.3, 0.4) is 0 Å². The van der Waals surface area contributed by atoms with Gasteiger partial charge in [-0.2, -0.15) is 0 Å². The minimum absolute atomic E-state index is 0.619. The molecule has 4 aromatic heterocycles. The van der Waals surface area contributed by atoms with Gasteiger partial charge in [-0.25, -0.2) is 9.97 Å². The zero-order valence-electron chi connectivity index (χ0n) is 20.6. The second kappa shape index (κ2) is 7.55. The molecule has 4 heterocycles. The first-order valence-electron chi connectivity index (χ1n) is 12.9. The standard InChI is InChI=1S/C34H19N3O2/c1-2-7-21(8-3-1)37-29-11-5-4-9-22(29)27-17-20(12-15-30(27)37)26-18-28-33(38-19-36-28)31-23(26)13-14-24-25-10-6-16-35-34(25)39-32(24)31/h1-19H. The molecule has 0 aliphatic heterocycles. The Morgan fingerprint density at radius 1 is 0.590 bits per heavy atom. The number of aromatic nitrogens is 3. The van der Waals surface area contributed by atoms with Gasteiger partial charge in [0, 0.05) is 33.4 Å². The van der Waals surface area contributed by atoms with Crippen LogP contribution in [0.15, 0.2) is 125 Å². The van der Waals surface area contributed by atoms with Crippen LogP contribution in [-0.2, 0) is 0 Å². The quantitative estimate of drug-likeness (QED) is 0.237. The SMILES string of the molecule is c1ccc(-n2c3ccccc3c3cc(-c4cc5ncoc5c5c4ccc4c6cccnc6oc45)ccc32)cc1. The summed E-state index contributed by atoms with van der Waals surface area (Å²) < 4.78 is 14.6. The van der Waals surface area contributed by atoms with Crippen LogP contribution < -0.4 is 0 Å². The van der Waals surface area contributed by atoms with Crippen molar-refractivity contribution >= 4 is 65.7 Å². The number of para-hydroxylation sites is 2. The first-order valence-corrected chi connectivity index (χ1v) is 12.9. The highest BCUT2D eigenvalue weighted by molar-refractivity contribution is 6.24. The van der Waals surface area contributed by atoms with Crippen molar-refractivity contribution in [1.29, 1.82) is 0 Å². The minimum Gasteiger partial charge on any atom is -0.443 e. The third kappa shape index (κ3) is 2.79. The Morgan fingerprint density at radius 2 is 1.41 bits per heavy atom. The topological polar surface area (TPSA) is 57.0 Å². The molecule has 0 amide bonds. The van der Waals surface area contributed by atoms with Crippen LogP contribution in [-0.4, -0.2) is 14.5 Å². The van der Waals surface area contributed by atoms with E-state index in [1.165, 1.54) is 28.2 Å². The number of pyridine rings is 1. The summed E-state index contributed by atoms with van der Waals surface area (Å²) in [4.78, 5) is 8.99. The lowest BCUT2D eigenvalue weighted by atomic mass is 9.95. The summed E-state index contributed by atoms with van der Waals surface area (Å²) in [7, 11) is 0. The Hall–Kier alpha value is -5.42. The van der Waals surface area contributed by atoms with E-state index in [1.807, 2.05) is 12.1 Å². The molecule has 0 atom stereocenters. The van der Waals surface area contributed by atoms with E-state index in [4.69, 9.17) is 8.83 Å². The van der Waals surface area contributed by atoms with Gasteiger partial charge < -0.3 is 13.4 Å². The zero-order chi connectivity index (χ0) is 25.5. The van der Waals surface area contributed by atoms with Gasteiger partial charge in [-0.1, -0.05) is 48.5 Å². The number of hydrogen-bond donors (Lipinski definition) is 0. The van der Waals surface area contributed by atoms with Gasteiger partial charge >= 0.3 is 0 Å². The lowest BCUT2D eigenvalue weighted by molar-refractivity contribution is 0.604. The first-order chi connectivity index (χ1) is 19.3. The predicted octanol–water partition coefficient (Wildman–Crippen LogP) is 9.04. The van der Waals surface area contributed by atoms with Crippen molar-refractivity contribution in [1.82, 2.24) is 14.5 Å². The molecule has 0 N–H and O–H groups in total. The molecule has 39 heavy (non-hydrogen) atoms. The van der Waals surface area contributed by atoms with E-state index in [1.54, 1.807) is 6.20 Å². The van der Waals surface area contributed by atoms with E-state index in [0.29, 0.717) is 5.71 Å². The van der Waals surface area contributed by atoms with E-state index in [0.717, 1.165) is 55.0 Å². The first kappa shape index (κ1) is 20.6. The van der Waals surface area contributed by atoms with Crippen LogP contribution in [0.25, 0.3) is 82.6 Å². The van der Waals surface area contributed by atoms with Gasteiger partial charge in [0.2, 0.25) is 5.71 Å². The van der Waals surface area contributed by atoms with E-state index in [-0.39, 0.29) is 0 Å². The average molecular weight is 502 g/mol. The average Bonchev–Trinajstić information content (AvgIpc) is 3.70. The van der Waals surface area contributed by atoms with Gasteiger partial charge in [-0.3, -0.25) is 0 Å². The Kier molecular flexibility index (Phi) is 3.99. The van der Waals surface area contributed by atoms with Gasteiger partial charge in [-0.15, -0.1) is 0 Å². The number of benzene rings is 5. The molecular weight excluding hydrogens is 482 g/mol. The molecule has 0 unspecified atom stereocenters. The van der Waals surface area contributed by atoms with Gasteiger partial charge in [0.15, 0.2) is 12.0 Å². The highest BCUT2D eigenvalue weighted by Crippen LogP contribution is 2.42. The van der Waals surface area contributed by atoms with E-state index < -0.39 is 0 Å². The zero-order valence-corrected chi connectivity index (χ0v) is 20.6. The van der Waals surface area contributed by atoms with Crippen LogP contribution in [0.1, 0.15) is 0 Å². The van der Waals surface area contributed by atoms with Crippen LogP contribution in [0.2, 0.25) is 0 Å². The maximum atomic E-state index is 6.31. The van der Waals surface area contributed by atoms with Crippen molar-refractivity contribution < 1.29 is 8.83 Å². The Labute approximate surface area is 221 Å². The van der Waals surface area contributed by atoms with Crippen molar-refractivity contribution in [3.63, 3.8) is 0 Å². The molecule has 0 fully saturated rings. The van der Waals surface area contributed by atoms with E-state index in [2.05, 4.69) is 106 Å². The fourth-order valence-corrected chi connectivity index (χ4v) is 6.12. The van der Waals surface area contributed by atoms with Crippen molar-refractivity contribution in [2.45, 2.75) is 0 Å². The third-order valence-electron chi connectivity index (χ3n) is 7.81. The Morgan fingerprint density at radius 3 is 2.36 bits per heavy atom. The minimum atomic E-state index is 0.619. The number of hydrogen-bond acceptors (Lipinski definition) is 4. The Bertz CT molecular complexity index is 2390. The second-order valence-electron chi connectivity index (χ2n) is 9.87. The molecule has 0 spiro atoms. The summed E-state index contributed by atoms with van der Waals surface area (Å²) in [6.45, 7) is 0. The maximum Gasteiger partial charge on any atom is 0.227 e. The fourth-order valence-electron chi connectivity index (χ4n) is 6.12. The van der Waals surface area contributed by atoms with Gasteiger partial charge in [-0.05, 0) is 71.1 Å². The van der Waals surface area contributed by atoms with Crippen LogP contribution in [0.4, 0.5) is 0 Å². The summed E-state index contributed by atoms with van der Waals surface area (Å²) in [6, 6.07) is 36.2. The van der Waals surface area contributed by atoms with Crippen molar-refractivity contribution in [2.24, 2.45) is 0 Å². The lowest BCUT2D eigenvalue weighted by Gasteiger charge is -2.10. The van der Waals surface area contributed by atoms with Crippen molar-refractivity contribution in [3.05, 3.63) is 116 Å². The summed E-state index contributed by atoms with van der Waals surface area (Å²) >= 11 is 0.